The minimum atomic E-state index is -3.92. The molecule has 1 aliphatic carbocycles. The monoisotopic (exact) mass is 663 g/mol. The summed E-state index contributed by atoms with van der Waals surface area (Å²) in [6.07, 6.45) is 6.19. The van der Waals surface area contributed by atoms with E-state index in [1.54, 1.807) is 37.3 Å². The molecule has 1 aliphatic rings. The third kappa shape index (κ3) is 9.11. The lowest BCUT2D eigenvalue weighted by Gasteiger charge is -2.35. The van der Waals surface area contributed by atoms with Crippen molar-refractivity contribution in [3.05, 3.63) is 98.5 Å². The van der Waals surface area contributed by atoms with Crippen LogP contribution in [0.3, 0.4) is 0 Å². The molecule has 0 aliphatic heterocycles. The first-order valence-electron chi connectivity index (χ1n) is 14.2. The van der Waals surface area contributed by atoms with Crippen LogP contribution in [0.5, 0.6) is 0 Å². The molecule has 1 fully saturated rings. The average molecular weight is 665 g/mol. The Bertz CT molecular complexity index is 1550. The molecule has 1 atom stereocenters. The number of sulfonamides is 1. The van der Waals surface area contributed by atoms with Crippen LogP contribution >= 0.6 is 34.8 Å². The number of carbonyl (C=O) groups excluding carboxylic acids is 2. The predicted molar refractivity (Wildman–Crippen MR) is 174 cm³/mol. The zero-order chi connectivity index (χ0) is 31.1. The number of amides is 2. The summed E-state index contributed by atoms with van der Waals surface area (Å²) in [4.78, 5) is 29.8. The lowest BCUT2D eigenvalue weighted by molar-refractivity contribution is -0.140. The molecule has 1 saturated carbocycles. The SMILES string of the molecule is Cc1ccc(Cl)cc1N(CC(=O)N(Cc1ccc(Cl)cc1Cl)[C@@H](Cc1ccccc1)C(=O)NC1CCCCC1)S(C)(=O)=O. The van der Waals surface area contributed by atoms with Crippen molar-refractivity contribution >= 4 is 62.3 Å². The minimum Gasteiger partial charge on any atom is -0.352 e. The van der Waals surface area contributed by atoms with E-state index in [9.17, 15) is 18.0 Å². The van der Waals surface area contributed by atoms with Crippen molar-refractivity contribution in [2.24, 2.45) is 0 Å². The fourth-order valence-corrected chi connectivity index (χ4v) is 6.91. The van der Waals surface area contributed by atoms with Gasteiger partial charge in [-0.25, -0.2) is 8.42 Å². The highest BCUT2D eigenvalue weighted by molar-refractivity contribution is 7.92. The van der Waals surface area contributed by atoms with Crippen molar-refractivity contribution < 1.29 is 18.0 Å². The van der Waals surface area contributed by atoms with Crippen molar-refractivity contribution in [3.8, 4) is 0 Å². The standard InChI is InChI=1S/C32H36Cl3N3O4S/c1-22-13-15-26(34)19-29(22)38(43(2,41)42)21-31(39)37(20-24-14-16-25(33)18-28(24)35)30(17-23-9-5-3-6-10-23)32(40)36-27-11-7-4-8-12-27/h3,5-6,9-10,13-16,18-19,27,30H,4,7-8,11-12,17,20-21H2,1-2H3,(H,36,40)/t30-/m0/s1. The molecule has 0 unspecified atom stereocenters. The molecule has 0 aromatic heterocycles. The Balaban J connectivity index is 1.76. The molecular formula is C32H36Cl3N3O4S. The van der Waals surface area contributed by atoms with E-state index in [-0.39, 0.29) is 24.9 Å². The Kier molecular flexibility index (Phi) is 11.4. The summed E-state index contributed by atoms with van der Waals surface area (Å²) in [7, 11) is -3.92. The Morgan fingerprint density at radius 3 is 2.23 bits per heavy atom. The zero-order valence-electron chi connectivity index (χ0n) is 24.2. The molecule has 43 heavy (non-hydrogen) atoms. The second-order valence-corrected chi connectivity index (χ2v) is 14.2. The van der Waals surface area contributed by atoms with Crippen LogP contribution in [-0.4, -0.2) is 50.0 Å². The van der Waals surface area contributed by atoms with Crippen molar-refractivity contribution in [1.82, 2.24) is 10.2 Å². The van der Waals surface area contributed by atoms with E-state index >= 15 is 0 Å². The van der Waals surface area contributed by atoms with Crippen LogP contribution in [0.25, 0.3) is 0 Å². The minimum absolute atomic E-state index is 0.0113. The van der Waals surface area contributed by atoms with Crippen molar-refractivity contribution in [2.45, 2.75) is 64.1 Å². The van der Waals surface area contributed by atoms with Crippen LogP contribution in [0.15, 0.2) is 66.7 Å². The molecule has 0 bridgehead atoms. The molecule has 2 amide bonds. The molecule has 0 radical (unpaired) electrons. The summed E-state index contributed by atoms with van der Waals surface area (Å²) in [6.45, 7) is 1.18. The van der Waals surface area contributed by atoms with E-state index in [4.69, 9.17) is 34.8 Å². The van der Waals surface area contributed by atoms with Gasteiger partial charge in [-0.15, -0.1) is 0 Å². The smallest absolute Gasteiger partial charge is 0.244 e. The normalized spacial score (nSPS) is 14.6. The molecule has 0 heterocycles. The molecule has 0 spiro atoms. The Morgan fingerprint density at radius 2 is 1.58 bits per heavy atom. The molecular weight excluding hydrogens is 629 g/mol. The predicted octanol–water partition coefficient (Wildman–Crippen LogP) is 6.81. The van der Waals surface area contributed by atoms with Crippen LogP contribution in [0.2, 0.25) is 15.1 Å². The number of halogens is 3. The van der Waals surface area contributed by atoms with Gasteiger partial charge in [0.05, 0.1) is 11.9 Å². The van der Waals surface area contributed by atoms with E-state index in [1.165, 1.54) is 11.0 Å². The number of nitrogens with zero attached hydrogens (tertiary/aromatic N) is 2. The van der Waals surface area contributed by atoms with E-state index in [1.807, 2.05) is 30.3 Å². The molecule has 4 rings (SSSR count). The quantitative estimate of drug-likeness (QED) is 0.244. The second kappa shape index (κ2) is 14.8. The maximum Gasteiger partial charge on any atom is 0.244 e. The number of nitrogens with one attached hydrogen (secondary N) is 1. The highest BCUT2D eigenvalue weighted by Crippen LogP contribution is 2.28. The van der Waals surface area contributed by atoms with Crippen LogP contribution in [0.1, 0.15) is 48.8 Å². The second-order valence-electron chi connectivity index (χ2n) is 11.0. The number of aryl methyl sites for hydroxylation is 1. The zero-order valence-corrected chi connectivity index (χ0v) is 27.3. The van der Waals surface area contributed by atoms with Crippen LogP contribution in [-0.2, 0) is 32.6 Å². The summed E-state index contributed by atoms with van der Waals surface area (Å²) in [5.74, 6) is -0.852. The summed E-state index contributed by atoms with van der Waals surface area (Å²) in [5, 5.41) is 4.28. The number of hydrogen-bond acceptors (Lipinski definition) is 4. The largest absolute Gasteiger partial charge is 0.352 e. The fraction of sp³-hybridized carbons (Fsp3) is 0.375. The van der Waals surface area contributed by atoms with Gasteiger partial charge >= 0.3 is 0 Å². The van der Waals surface area contributed by atoms with Gasteiger partial charge in [-0.05, 0) is 60.7 Å². The number of rotatable bonds is 11. The third-order valence-electron chi connectivity index (χ3n) is 7.70. The molecule has 0 saturated heterocycles. The van der Waals surface area contributed by atoms with Crippen molar-refractivity contribution in [1.29, 1.82) is 0 Å². The maximum atomic E-state index is 14.3. The highest BCUT2D eigenvalue weighted by atomic mass is 35.5. The van der Waals surface area contributed by atoms with Gasteiger partial charge in [0, 0.05) is 34.1 Å². The Hall–Kier alpha value is -2.78. The molecule has 11 heteroatoms. The first kappa shape index (κ1) is 33.1. The van der Waals surface area contributed by atoms with Gasteiger partial charge < -0.3 is 10.2 Å². The molecule has 7 nitrogen and oxygen atoms in total. The van der Waals surface area contributed by atoms with Crippen LogP contribution in [0, 0.1) is 6.92 Å². The maximum absolute atomic E-state index is 14.3. The Morgan fingerprint density at radius 1 is 0.930 bits per heavy atom. The van der Waals surface area contributed by atoms with Crippen molar-refractivity contribution in [2.75, 3.05) is 17.1 Å². The lowest BCUT2D eigenvalue weighted by Crippen LogP contribution is -2.55. The first-order chi connectivity index (χ1) is 20.4. The summed E-state index contributed by atoms with van der Waals surface area (Å²) in [6, 6.07) is 18.3. The topological polar surface area (TPSA) is 86.8 Å². The lowest BCUT2D eigenvalue weighted by atomic mass is 9.94. The molecule has 3 aromatic rings. The van der Waals surface area contributed by atoms with Gasteiger partial charge in [0.2, 0.25) is 21.8 Å². The average Bonchev–Trinajstić information content (AvgIpc) is 2.96. The van der Waals surface area contributed by atoms with Crippen LogP contribution in [0.4, 0.5) is 5.69 Å². The van der Waals surface area contributed by atoms with Crippen LogP contribution < -0.4 is 9.62 Å². The molecule has 3 aromatic carbocycles. The molecule has 230 valence electrons. The third-order valence-corrected chi connectivity index (χ3v) is 9.65. The van der Waals surface area contributed by atoms with Gasteiger partial charge in [0.15, 0.2) is 0 Å². The van der Waals surface area contributed by atoms with Gasteiger partial charge in [-0.2, -0.15) is 0 Å². The van der Waals surface area contributed by atoms with E-state index in [2.05, 4.69) is 5.32 Å². The van der Waals surface area contributed by atoms with Gasteiger partial charge in [0.1, 0.15) is 12.6 Å². The highest BCUT2D eigenvalue weighted by Gasteiger charge is 2.34. The first-order valence-corrected chi connectivity index (χ1v) is 17.2. The number of carbonyl (C=O) groups is 2. The van der Waals surface area contributed by atoms with E-state index in [0.29, 0.717) is 31.9 Å². The summed E-state index contributed by atoms with van der Waals surface area (Å²) < 4.78 is 27.1. The van der Waals surface area contributed by atoms with Gasteiger partial charge in [-0.1, -0.05) is 96.5 Å². The van der Waals surface area contributed by atoms with Crippen molar-refractivity contribution in [3.63, 3.8) is 0 Å². The summed E-state index contributed by atoms with van der Waals surface area (Å²) in [5.41, 5.74) is 2.36. The molecule has 1 N–H and O–H groups in total. The fourth-order valence-electron chi connectivity index (χ4n) is 5.38. The van der Waals surface area contributed by atoms with E-state index in [0.717, 1.165) is 48.2 Å². The number of anilines is 1. The van der Waals surface area contributed by atoms with E-state index < -0.39 is 28.5 Å². The van der Waals surface area contributed by atoms with Gasteiger partial charge in [-0.3, -0.25) is 13.9 Å². The van der Waals surface area contributed by atoms with Gasteiger partial charge in [0.25, 0.3) is 0 Å². The Labute approximate surface area is 269 Å². The number of hydrogen-bond donors (Lipinski definition) is 1. The number of benzene rings is 3. The summed E-state index contributed by atoms with van der Waals surface area (Å²) >= 11 is 18.9.